The Morgan fingerprint density at radius 2 is 0.806 bits per heavy atom. The van der Waals surface area contributed by atoms with Gasteiger partial charge in [0.05, 0.1) is 6.61 Å². The minimum absolute atomic E-state index is 0.0123. The van der Waals surface area contributed by atoms with Gasteiger partial charge in [-0.25, -0.2) is 5.11 Å². The lowest BCUT2D eigenvalue weighted by molar-refractivity contribution is 0.189. The second-order valence-electron chi connectivity index (χ2n) is 7.08. The van der Waals surface area contributed by atoms with Gasteiger partial charge in [0.25, 0.3) is 0 Å². The highest BCUT2D eigenvalue weighted by Gasteiger charge is 2.71. The highest BCUT2D eigenvalue weighted by atomic mass is 35.6. The van der Waals surface area contributed by atoms with E-state index in [-0.39, 0.29) is 29.5 Å². The van der Waals surface area contributed by atoms with Crippen molar-refractivity contribution in [1.29, 1.82) is 0 Å². The number of rotatable bonds is 9. The van der Waals surface area contributed by atoms with Crippen LogP contribution in [0.3, 0.4) is 0 Å². The maximum Gasteiger partial charge on any atom is 0.226 e. The van der Waals surface area contributed by atoms with Crippen molar-refractivity contribution < 1.29 is 5.11 Å². The van der Waals surface area contributed by atoms with Crippen LogP contribution in [0.4, 0.5) is 0 Å². The molecule has 0 amide bonds. The Labute approximate surface area is 298 Å². The van der Waals surface area contributed by atoms with Crippen LogP contribution < -0.4 is 0 Å². The Morgan fingerprint density at radius 1 is 0.500 bits per heavy atom. The quantitative estimate of drug-likeness (QED) is 0.220. The molecule has 0 bridgehead atoms. The third kappa shape index (κ3) is 6.87. The van der Waals surface area contributed by atoms with Gasteiger partial charge < -0.3 is 0 Å². The number of halogens is 18. The summed E-state index contributed by atoms with van der Waals surface area (Å²) in [4.78, 5) is 0. The molecule has 1 aromatic rings. The molecule has 0 heterocycles. The summed E-state index contributed by atoms with van der Waals surface area (Å²) in [5.74, 6) is 0. The van der Waals surface area contributed by atoms with E-state index in [4.69, 9.17) is 209 Å². The molecule has 1 radical (unpaired) electrons. The highest BCUT2D eigenvalue weighted by Crippen LogP contribution is 2.68. The van der Waals surface area contributed by atoms with Crippen molar-refractivity contribution in [2.75, 3.05) is 6.61 Å². The van der Waals surface area contributed by atoms with Gasteiger partial charge in [0, 0.05) is 0 Å². The topological polar surface area (TPSA) is 19.9 Å². The van der Waals surface area contributed by atoms with Gasteiger partial charge in [-0.05, 0) is 29.5 Å². The normalized spacial score (nSPS) is 15.4. The molecule has 0 aliphatic carbocycles. The van der Waals surface area contributed by atoms with E-state index in [1.807, 2.05) is 0 Å². The average Bonchev–Trinajstić information content (AvgIpc) is 2.69. The molecule has 0 saturated heterocycles. The number of hydrogen-bond acceptors (Lipinski definition) is 0. The van der Waals surface area contributed by atoms with Crippen LogP contribution in [0.2, 0.25) is 0 Å². The van der Waals surface area contributed by atoms with Gasteiger partial charge in [-0.2, -0.15) is 0 Å². The van der Waals surface area contributed by atoms with E-state index >= 15 is 0 Å². The molecule has 0 spiro atoms. The van der Waals surface area contributed by atoms with Gasteiger partial charge in [0.2, 0.25) is 16.3 Å². The fraction of sp³-hybridized carbons (Fsp3) is 0.647. The largest absolute Gasteiger partial charge is 0.237 e. The number of hydrogen-bond donors (Lipinski definition) is 0. The lowest BCUT2D eigenvalue weighted by Crippen LogP contribution is -2.56. The Balaban J connectivity index is 4.02. The molecule has 0 N–H and O–H groups in total. The second kappa shape index (κ2) is 12.8. The van der Waals surface area contributed by atoms with E-state index in [9.17, 15) is 5.11 Å². The van der Waals surface area contributed by atoms with Gasteiger partial charge in [0.1, 0.15) is 0 Å². The third-order valence-corrected chi connectivity index (χ3v) is 15.6. The summed E-state index contributed by atoms with van der Waals surface area (Å²) >= 11 is 112. The summed E-state index contributed by atoms with van der Waals surface area (Å²) in [5.41, 5.74) is -0.193. The van der Waals surface area contributed by atoms with Crippen molar-refractivity contribution in [1.82, 2.24) is 0 Å². The van der Waals surface area contributed by atoms with E-state index < -0.39 is 40.2 Å². The van der Waals surface area contributed by atoms with E-state index in [0.717, 1.165) is 0 Å². The van der Waals surface area contributed by atoms with Crippen LogP contribution in [0.15, 0.2) is 18.2 Å². The van der Waals surface area contributed by atoms with Crippen molar-refractivity contribution >= 4 is 209 Å². The monoisotopic (exact) mass is 859 g/mol. The summed E-state index contributed by atoms with van der Waals surface area (Å²) < 4.78 is -20.5. The molecular formula is C17H9Cl18O. The minimum Gasteiger partial charge on any atom is -0.237 e. The first-order valence-corrected chi connectivity index (χ1v) is 15.6. The molecule has 0 fully saturated rings. The number of alkyl halides is 18. The molecule has 1 rings (SSSR count). The minimum atomic E-state index is -2.65. The Bertz CT molecular complexity index is 858. The molecule has 0 atom stereocenters. The zero-order valence-electron chi connectivity index (χ0n) is 16.6. The predicted octanol–water partition coefficient (Wildman–Crippen LogP) is 12.7. The van der Waals surface area contributed by atoms with Gasteiger partial charge >= 0.3 is 0 Å². The average molecular weight is 867 g/mol. The van der Waals surface area contributed by atoms with E-state index in [1.165, 1.54) is 18.2 Å². The molecule has 0 unspecified atom stereocenters. The van der Waals surface area contributed by atoms with Crippen LogP contribution in [0.5, 0.6) is 0 Å². The zero-order valence-corrected chi connectivity index (χ0v) is 30.2. The first-order valence-electron chi connectivity index (χ1n) is 8.79. The fourth-order valence-corrected chi connectivity index (χ4v) is 7.42. The van der Waals surface area contributed by atoms with Crippen molar-refractivity contribution in [3.8, 4) is 0 Å². The van der Waals surface area contributed by atoms with Crippen LogP contribution in [-0.2, 0) is 20.2 Å². The smallest absolute Gasteiger partial charge is 0.226 e. The van der Waals surface area contributed by atoms with Gasteiger partial charge in [-0.1, -0.05) is 227 Å². The SMILES string of the molecule is [O]CCCc1c(C(Cl)(Cl)C(Cl)(Cl)C(Cl)(Cl)C(Cl)(Cl)Cl)cccc1C(Cl)(Cl)C(Cl)(Cl)C(Cl)(Cl)C(Cl)(Cl)Cl. The summed E-state index contributed by atoms with van der Waals surface area (Å²) in [6, 6.07) is 4.02. The molecule has 36 heavy (non-hydrogen) atoms. The molecule has 0 aliphatic heterocycles. The summed E-state index contributed by atoms with van der Waals surface area (Å²) in [7, 11) is 0. The molecule has 209 valence electrons. The van der Waals surface area contributed by atoms with Crippen LogP contribution in [0, 0.1) is 0 Å². The van der Waals surface area contributed by atoms with Crippen LogP contribution in [0.25, 0.3) is 0 Å². The van der Waals surface area contributed by atoms with Crippen LogP contribution >= 0.6 is 209 Å². The van der Waals surface area contributed by atoms with Crippen molar-refractivity contribution in [3.05, 3.63) is 34.9 Å². The first kappa shape index (κ1) is 38.4. The van der Waals surface area contributed by atoms with Crippen LogP contribution in [0.1, 0.15) is 23.1 Å². The summed E-state index contributed by atoms with van der Waals surface area (Å²) in [6.45, 7) is -0.561. The maximum absolute atomic E-state index is 11.4. The Morgan fingerprint density at radius 3 is 1.06 bits per heavy atom. The van der Waals surface area contributed by atoms with Crippen molar-refractivity contribution in [2.24, 2.45) is 0 Å². The molecule has 0 saturated carbocycles. The van der Waals surface area contributed by atoms with E-state index in [1.54, 1.807) is 0 Å². The zero-order chi connectivity index (χ0) is 29.0. The number of benzene rings is 1. The van der Waals surface area contributed by atoms with Crippen molar-refractivity contribution in [3.63, 3.8) is 0 Å². The molecule has 0 aromatic heterocycles. The third-order valence-electron chi connectivity index (χ3n) is 4.71. The molecule has 1 aromatic carbocycles. The Kier molecular flexibility index (Phi) is 13.7. The molecular weight excluding hydrogens is 858 g/mol. The second-order valence-corrected chi connectivity index (χ2v) is 19.6. The van der Waals surface area contributed by atoms with Gasteiger partial charge in [-0.15, -0.1) is 0 Å². The van der Waals surface area contributed by atoms with Gasteiger partial charge in [-0.3, -0.25) is 0 Å². The highest BCUT2D eigenvalue weighted by molar-refractivity contribution is 6.81. The first-order chi connectivity index (χ1) is 15.7. The van der Waals surface area contributed by atoms with Gasteiger partial charge in [0.15, 0.2) is 17.3 Å². The predicted molar refractivity (Wildman–Crippen MR) is 165 cm³/mol. The standard InChI is InChI=1S/C17H9Cl18O/c18-10(19,12(22,23)14(26,27)16(30,31)32)8-4-1-5-9(7(8)3-2-6-36)11(20,21)13(24,25)15(28,29)17(33,34)35/h1,4-5H,2-3,6H2. The van der Waals surface area contributed by atoms with Crippen molar-refractivity contribution in [2.45, 2.75) is 46.4 Å². The fourth-order valence-electron chi connectivity index (χ4n) is 2.78. The molecule has 19 heteroatoms. The molecule has 0 aliphatic rings. The molecule has 1 nitrogen and oxygen atoms in total. The van der Waals surface area contributed by atoms with E-state index in [2.05, 4.69) is 0 Å². The van der Waals surface area contributed by atoms with Crippen LogP contribution in [-0.4, -0.2) is 31.5 Å². The lowest BCUT2D eigenvalue weighted by Gasteiger charge is -2.46. The summed E-state index contributed by atoms with van der Waals surface area (Å²) in [6.07, 6.45) is -0.108. The lowest BCUT2D eigenvalue weighted by atomic mass is 9.89. The summed E-state index contributed by atoms with van der Waals surface area (Å²) in [5, 5.41) is 11.4. The maximum atomic E-state index is 11.4. The van der Waals surface area contributed by atoms with E-state index in [0.29, 0.717) is 0 Å². The Hall–Kier alpha value is 4.40.